The van der Waals surface area contributed by atoms with Crippen LogP contribution >= 0.6 is 0 Å². The molecule has 19 heavy (non-hydrogen) atoms. The van der Waals surface area contributed by atoms with Crippen molar-refractivity contribution in [3.63, 3.8) is 0 Å². The highest BCUT2D eigenvalue weighted by Crippen LogP contribution is 2.21. The molecule has 1 heterocycles. The Morgan fingerprint density at radius 1 is 0.947 bits per heavy atom. The van der Waals surface area contributed by atoms with E-state index in [9.17, 15) is 0 Å². The SMILES string of the molecule is Cc1ccc(-c2cc(Cc3ccccc3)on2)cc1. The van der Waals surface area contributed by atoms with Gasteiger partial charge in [-0.1, -0.05) is 65.3 Å². The van der Waals surface area contributed by atoms with Gasteiger partial charge in [-0.05, 0) is 12.5 Å². The third-order valence-corrected chi connectivity index (χ3v) is 3.13. The highest BCUT2D eigenvalue weighted by molar-refractivity contribution is 5.59. The average molecular weight is 249 g/mol. The van der Waals surface area contributed by atoms with Crippen molar-refractivity contribution in [3.05, 3.63) is 77.6 Å². The quantitative estimate of drug-likeness (QED) is 0.694. The minimum Gasteiger partial charge on any atom is -0.360 e. The summed E-state index contributed by atoms with van der Waals surface area (Å²) >= 11 is 0. The second-order valence-corrected chi connectivity index (χ2v) is 4.71. The molecule has 0 aliphatic rings. The molecule has 0 unspecified atom stereocenters. The van der Waals surface area contributed by atoms with Gasteiger partial charge in [-0.25, -0.2) is 0 Å². The lowest BCUT2D eigenvalue weighted by Gasteiger charge is -1.96. The molecule has 0 amide bonds. The number of benzene rings is 2. The van der Waals surface area contributed by atoms with E-state index in [2.05, 4.69) is 48.5 Å². The van der Waals surface area contributed by atoms with Crippen molar-refractivity contribution in [2.75, 3.05) is 0 Å². The van der Waals surface area contributed by atoms with E-state index in [-0.39, 0.29) is 0 Å². The van der Waals surface area contributed by atoms with Gasteiger partial charge < -0.3 is 4.52 Å². The van der Waals surface area contributed by atoms with Gasteiger partial charge in [-0.15, -0.1) is 0 Å². The summed E-state index contributed by atoms with van der Waals surface area (Å²) in [5, 5.41) is 4.14. The van der Waals surface area contributed by atoms with E-state index in [1.807, 2.05) is 24.3 Å². The zero-order chi connectivity index (χ0) is 13.1. The molecule has 94 valence electrons. The maximum atomic E-state index is 5.40. The van der Waals surface area contributed by atoms with E-state index in [0.29, 0.717) is 0 Å². The second-order valence-electron chi connectivity index (χ2n) is 4.71. The molecule has 0 atom stereocenters. The summed E-state index contributed by atoms with van der Waals surface area (Å²) in [7, 11) is 0. The first kappa shape index (κ1) is 11.7. The molecule has 0 saturated carbocycles. The fraction of sp³-hybridized carbons (Fsp3) is 0.118. The third-order valence-electron chi connectivity index (χ3n) is 3.13. The van der Waals surface area contributed by atoms with E-state index < -0.39 is 0 Å². The summed E-state index contributed by atoms with van der Waals surface area (Å²) in [6.07, 6.45) is 0.777. The summed E-state index contributed by atoms with van der Waals surface area (Å²) in [5.74, 6) is 0.891. The maximum absolute atomic E-state index is 5.40. The largest absolute Gasteiger partial charge is 0.360 e. The minimum absolute atomic E-state index is 0.777. The van der Waals surface area contributed by atoms with Crippen LogP contribution < -0.4 is 0 Å². The minimum atomic E-state index is 0.777. The van der Waals surface area contributed by atoms with E-state index in [1.54, 1.807) is 0 Å². The van der Waals surface area contributed by atoms with Crippen molar-refractivity contribution >= 4 is 0 Å². The van der Waals surface area contributed by atoms with Gasteiger partial charge in [0, 0.05) is 18.1 Å². The van der Waals surface area contributed by atoms with E-state index in [1.165, 1.54) is 11.1 Å². The molecule has 0 fully saturated rings. The average Bonchev–Trinajstić information content (AvgIpc) is 2.89. The Balaban J connectivity index is 1.82. The van der Waals surface area contributed by atoms with Gasteiger partial charge in [-0.2, -0.15) is 0 Å². The third kappa shape index (κ3) is 2.74. The van der Waals surface area contributed by atoms with Crippen LogP contribution in [-0.4, -0.2) is 5.16 Å². The first-order valence-electron chi connectivity index (χ1n) is 6.38. The summed E-state index contributed by atoms with van der Waals surface area (Å²) < 4.78 is 5.40. The van der Waals surface area contributed by atoms with Gasteiger partial charge in [0.25, 0.3) is 0 Å². The molecule has 3 aromatic rings. The van der Waals surface area contributed by atoms with Crippen molar-refractivity contribution in [1.29, 1.82) is 0 Å². The van der Waals surface area contributed by atoms with Crippen molar-refractivity contribution in [3.8, 4) is 11.3 Å². The summed E-state index contributed by atoms with van der Waals surface area (Å²) in [6.45, 7) is 2.08. The summed E-state index contributed by atoms with van der Waals surface area (Å²) in [6, 6.07) is 20.6. The lowest BCUT2D eigenvalue weighted by Crippen LogP contribution is -1.83. The molecule has 3 rings (SSSR count). The maximum Gasteiger partial charge on any atom is 0.141 e. The molecule has 0 aliphatic carbocycles. The monoisotopic (exact) mass is 249 g/mol. The Morgan fingerprint density at radius 2 is 1.68 bits per heavy atom. The predicted molar refractivity (Wildman–Crippen MR) is 75.9 cm³/mol. The molecule has 0 N–H and O–H groups in total. The molecule has 2 aromatic carbocycles. The van der Waals surface area contributed by atoms with Crippen molar-refractivity contribution in [2.24, 2.45) is 0 Å². The van der Waals surface area contributed by atoms with Crippen LogP contribution in [0, 0.1) is 6.92 Å². The Labute approximate surface area is 112 Å². The highest BCUT2D eigenvalue weighted by atomic mass is 16.5. The molecule has 0 aliphatic heterocycles. The van der Waals surface area contributed by atoms with Crippen molar-refractivity contribution in [1.82, 2.24) is 5.16 Å². The zero-order valence-corrected chi connectivity index (χ0v) is 10.8. The highest BCUT2D eigenvalue weighted by Gasteiger charge is 2.06. The normalized spacial score (nSPS) is 10.6. The van der Waals surface area contributed by atoms with Gasteiger partial charge in [0.15, 0.2) is 0 Å². The van der Waals surface area contributed by atoms with Crippen LogP contribution in [0.5, 0.6) is 0 Å². The van der Waals surface area contributed by atoms with Crippen LogP contribution in [-0.2, 0) is 6.42 Å². The number of nitrogens with zero attached hydrogens (tertiary/aromatic N) is 1. The number of aryl methyl sites for hydroxylation is 1. The smallest absolute Gasteiger partial charge is 0.141 e. The second kappa shape index (κ2) is 5.11. The van der Waals surface area contributed by atoms with Crippen molar-refractivity contribution in [2.45, 2.75) is 13.3 Å². The van der Waals surface area contributed by atoms with E-state index in [0.717, 1.165) is 23.4 Å². The van der Waals surface area contributed by atoms with Crippen LogP contribution in [0.15, 0.2) is 65.2 Å². The summed E-state index contributed by atoms with van der Waals surface area (Å²) in [4.78, 5) is 0. The molecule has 2 nitrogen and oxygen atoms in total. The number of hydrogen-bond donors (Lipinski definition) is 0. The Hall–Kier alpha value is -2.35. The van der Waals surface area contributed by atoms with Gasteiger partial charge >= 0.3 is 0 Å². The molecule has 0 radical (unpaired) electrons. The van der Waals surface area contributed by atoms with Gasteiger partial charge in [0.2, 0.25) is 0 Å². The van der Waals surface area contributed by atoms with Crippen molar-refractivity contribution < 1.29 is 4.52 Å². The van der Waals surface area contributed by atoms with Gasteiger partial charge in [-0.3, -0.25) is 0 Å². The molecular formula is C17H15NO. The Kier molecular flexibility index (Phi) is 3.15. The standard InChI is InChI=1S/C17H15NO/c1-13-7-9-15(10-8-13)17-12-16(19-18-17)11-14-5-3-2-4-6-14/h2-10,12H,11H2,1H3. The first-order valence-corrected chi connectivity index (χ1v) is 6.38. The predicted octanol–water partition coefficient (Wildman–Crippen LogP) is 4.24. The topological polar surface area (TPSA) is 26.0 Å². The molecule has 2 heteroatoms. The van der Waals surface area contributed by atoms with Gasteiger partial charge in [0.05, 0.1) is 0 Å². The number of rotatable bonds is 3. The molecule has 0 spiro atoms. The molecular weight excluding hydrogens is 234 g/mol. The lowest BCUT2D eigenvalue weighted by atomic mass is 10.1. The zero-order valence-electron chi connectivity index (χ0n) is 10.8. The Bertz CT molecular complexity index is 653. The first-order chi connectivity index (χ1) is 9.31. The number of aromatic nitrogens is 1. The molecule has 0 saturated heterocycles. The number of hydrogen-bond acceptors (Lipinski definition) is 2. The van der Waals surface area contributed by atoms with E-state index in [4.69, 9.17) is 4.52 Å². The Morgan fingerprint density at radius 3 is 2.42 bits per heavy atom. The lowest BCUT2D eigenvalue weighted by molar-refractivity contribution is 0.391. The van der Waals surface area contributed by atoms with Crippen LogP contribution in [0.2, 0.25) is 0 Å². The summed E-state index contributed by atoms with van der Waals surface area (Å²) in [5.41, 5.74) is 4.46. The fourth-order valence-corrected chi connectivity index (χ4v) is 2.05. The molecule has 1 aromatic heterocycles. The van der Waals surface area contributed by atoms with Crippen LogP contribution in [0.1, 0.15) is 16.9 Å². The van der Waals surface area contributed by atoms with Crippen LogP contribution in [0.3, 0.4) is 0 Å². The van der Waals surface area contributed by atoms with Crippen LogP contribution in [0.25, 0.3) is 11.3 Å². The van der Waals surface area contributed by atoms with E-state index >= 15 is 0 Å². The molecule has 0 bridgehead atoms. The van der Waals surface area contributed by atoms with Crippen LogP contribution in [0.4, 0.5) is 0 Å². The fourth-order valence-electron chi connectivity index (χ4n) is 2.05. The van der Waals surface area contributed by atoms with Gasteiger partial charge in [0.1, 0.15) is 11.5 Å².